The van der Waals surface area contributed by atoms with Crippen molar-refractivity contribution >= 4 is 11.8 Å². The van der Waals surface area contributed by atoms with Crippen molar-refractivity contribution in [1.82, 2.24) is 19.8 Å². The van der Waals surface area contributed by atoms with Crippen LogP contribution in [-0.4, -0.2) is 51.2 Å². The van der Waals surface area contributed by atoms with Gasteiger partial charge in [-0.05, 0) is 48.2 Å². The number of carbonyl (C=O) groups is 2. The van der Waals surface area contributed by atoms with Crippen LogP contribution in [0.3, 0.4) is 0 Å². The number of alkyl halides is 1. The van der Waals surface area contributed by atoms with Gasteiger partial charge in [-0.2, -0.15) is 5.26 Å². The molecule has 1 saturated heterocycles. The number of halogens is 1. The molecular formula is C30H32FN5O2. The summed E-state index contributed by atoms with van der Waals surface area (Å²) in [5, 5.41) is 9.02. The van der Waals surface area contributed by atoms with E-state index in [1.165, 1.54) is 0 Å². The minimum Gasteiger partial charge on any atom is -0.340 e. The minimum absolute atomic E-state index is 0.0438. The first-order chi connectivity index (χ1) is 18.2. The van der Waals surface area contributed by atoms with Gasteiger partial charge in [0, 0.05) is 56.9 Å². The molecule has 0 spiro atoms. The Morgan fingerprint density at radius 2 is 1.84 bits per heavy atom. The van der Waals surface area contributed by atoms with Crippen molar-refractivity contribution in [3.05, 3.63) is 75.6 Å². The predicted octanol–water partition coefficient (Wildman–Crippen LogP) is 4.82. The monoisotopic (exact) mass is 513 g/mol. The quantitative estimate of drug-likeness (QED) is 0.541. The lowest BCUT2D eigenvalue weighted by atomic mass is 9.85. The number of likely N-dealkylation sites (tertiary alicyclic amines) is 1. The van der Waals surface area contributed by atoms with E-state index < -0.39 is 5.67 Å². The Bertz CT molecular complexity index is 1430. The summed E-state index contributed by atoms with van der Waals surface area (Å²) in [6.45, 7) is 7.38. The highest BCUT2D eigenvalue weighted by Gasteiger charge is 2.38. The van der Waals surface area contributed by atoms with Crippen LogP contribution in [0, 0.1) is 18.3 Å². The molecule has 7 nitrogen and oxygen atoms in total. The summed E-state index contributed by atoms with van der Waals surface area (Å²) in [4.78, 5) is 37.3. The fourth-order valence-corrected chi connectivity index (χ4v) is 5.57. The van der Waals surface area contributed by atoms with Crippen molar-refractivity contribution < 1.29 is 14.0 Å². The third kappa shape index (κ3) is 4.69. The number of imidazole rings is 1. The fourth-order valence-electron chi connectivity index (χ4n) is 5.57. The zero-order valence-electron chi connectivity index (χ0n) is 22.1. The molecule has 8 heteroatoms. The van der Waals surface area contributed by atoms with Gasteiger partial charge >= 0.3 is 0 Å². The van der Waals surface area contributed by atoms with Gasteiger partial charge in [-0.1, -0.05) is 25.1 Å². The molecule has 2 aliphatic heterocycles. The van der Waals surface area contributed by atoms with Gasteiger partial charge < -0.3 is 14.8 Å². The van der Waals surface area contributed by atoms with Gasteiger partial charge in [0.15, 0.2) is 0 Å². The van der Waals surface area contributed by atoms with Gasteiger partial charge in [-0.15, -0.1) is 0 Å². The number of aryl methyl sites for hydroxylation is 2. The number of carbonyl (C=O) groups excluding carboxylic acids is 2. The van der Waals surface area contributed by atoms with Crippen molar-refractivity contribution in [2.45, 2.75) is 58.7 Å². The van der Waals surface area contributed by atoms with Crippen LogP contribution >= 0.6 is 0 Å². The van der Waals surface area contributed by atoms with Crippen molar-refractivity contribution in [2.24, 2.45) is 0 Å². The van der Waals surface area contributed by atoms with Crippen molar-refractivity contribution in [2.75, 3.05) is 19.6 Å². The molecule has 5 rings (SSSR count). The highest BCUT2D eigenvalue weighted by molar-refractivity contribution is 5.97. The third-order valence-electron chi connectivity index (χ3n) is 7.97. The zero-order chi connectivity index (χ0) is 27.0. The van der Waals surface area contributed by atoms with Crippen LogP contribution in [0.25, 0.3) is 11.4 Å². The standard InChI is InChI=1S/C30H32FN5O2/c1-4-22-15-19(2)24(16-25(22)28-33-26-9-12-36(20(3)37)18-27(26)34-28)29(38)35-13-10-30(31,11-14-35)23-7-5-21(17-32)6-8-23/h5-8,15-16H,4,9-14,18H2,1-3H3,(H,33,34). The molecule has 1 aromatic heterocycles. The van der Waals surface area contributed by atoms with Crippen LogP contribution in [0.4, 0.5) is 4.39 Å². The van der Waals surface area contributed by atoms with E-state index >= 15 is 4.39 Å². The van der Waals surface area contributed by atoms with Gasteiger partial charge in [0.05, 0.1) is 29.6 Å². The summed E-state index contributed by atoms with van der Waals surface area (Å²) in [5.74, 6) is 0.656. The number of hydrogen-bond acceptors (Lipinski definition) is 4. The number of H-pyrrole nitrogens is 1. The number of aromatic amines is 1. The van der Waals surface area contributed by atoms with Gasteiger partial charge in [-0.25, -0.2) is 9.37 Å². The first-order valence-corrected chi connectivity index (χ1v) is 13.2. The summed E-state index contributed by atoms with van der Waals surface area (Å²) in [7, 11) is 0. The third-order valence-corrected chi connectivity index (χ3v) is 7.97. The highest BCUT2D eigenvalue weighted by Crippen LogP contribution is 2.38. The highest BCUT2D eigenvalue weighted by atomic mass is 19.1. The number of amides is 2. The first-order valence-electron chi connectivity index (χ1n) is 13.2. The molecular weight excluding hydrogens is 481 g/mol. The molecule has 1 N–H and O–H groups in total. The number of fused-ring (bicyclic) bond motifs is 1. The SMILES string of the molecule is CCc1cc(C)c(C(=O)N2CCC(F)(c3ccc(C#N)cc3)CC2)cc1-c1nc2c([nH]1)CN(C(C)=O)CC2. The van der Waals surface area contributed by atoms with Crippen LogP contribution in [-0.2, 0) is 29.8 Å². The number of nitrogens with zero attached hydrogens (tertiary/aromatic N) is 4. The summed E-state index contributed by atoms with van der Waals surface area (Å²) in [6, 6.07) is 12.7. The molecule has 0 aliphatic carbocycles. The van der Waals surface area contributed by atoms with E-state index in [1.54, 1.807) is 41.0 Å². The van der Waals surface area contributed by atoms with Gasteiger partial charge in [0.25, 0.3) is 5.91 Å². The molecule has 196 valence electrons. The smallest absolute Gasteiger partial charge is 0.254 e. The largest absolute Gasteiger partial charge is 0.340 e. The molecule has 0 radical (unpaired) electrons. The molecule has 2 aromatic carbocycles. The van der Waals surface area contributed by atoms with Gasteiger partial charge in [0.1, 0.15) is 11.5 Å². The maximum absolute atomic E-state index is 15.8. The average Bonchev–Trinajstić information content (AvgIpc) is 3.36. The van der Waals surface area contributed by atoms with E-state index in [4.69, 9.17) is 10.2 Å². The normalized spacial score (nSPS) is 16.6. The Kier molecular flexibility index (Phi) is 6.78. The second kappa shape index (κ2) is 10.1. The van der Waals surface area contributed by atoms with Crippen LogP contribution in [0.1, 0.15) is 70.7 Å². The Hall–Kier alpha value is -3.99. The summed E-state index contributed by atoms with van der Waals surface area (Å²) < 4.78 is 15.8. The van der Waals surface area contributed by atoms with E-state index in [2.05, 4.69) is 18.0 Å². The van der Waals surface area contributed by atoms with Gasteiger partial charge in [0.2, 0.25) is 5.91 Å². The maximum atomic E-state index is 15.8. The topological polar surface area (TPSA) is 93.1 Å². The lowest BCUT2D eigenvalue weighted by Crippen LogP contribution is -2.43. The first kappa shape index (κ1) is 25.7. The number of nitriles is 1. The second-order valence-electron chi connectivity index (χ2n) is 10.3. The molecule has 0 unspecified atom stereocenters. The van der Waals surface area contributed by atoms with Crippen molar-refractivity contribution in [3.63, 3.8) is 0 Å². The fraction of sp³-hybridized carbons (Fsp3) is 0.400. The number of nitrogens with one attached hydrogen (secondary N) is 1. The Labute approximate surface area is 222 Å². The van der Waals surface area contributed by atoms with Crippen molar-refractivity contribution in [1.29, 1.82) is 5.26 Å². The zero-order valence-corrected chi connectivity index (χ0v) is 22.1. The maximum Gasteiger partial charge on any atom is 0.254 e. The van der Waals surface area contributed by atoms with Crippen LogP contribution in [0.15, 0.2) is 36.4 Å². The second-order valence-corrected chi connectivity index (χ2v) is 10.3. The molecule has 1 fully saturated rings. The molecule has 0 atom stereocenters. The Balaban J connectivity index is 1.38. The van der Waals surface area contributed by atoms with Crippen LogP contribution < -0.4 is 0 Å². The molecule has 0 bridgehead atoms. The molecule has 3 heterocycles. The number of aromatic nitrogens is 2. The molecule has 0 saturated carbocycles. The number of hydrogen-bond donors (Lipinski definition) is 1. The Morgan fingerprint density at radius 1 is 1.13 bits per heavy atom. The van der Waals surface area contributed by atoms with Crippen LogP contribution in [0.2, 0.25) is 0 Å². The van der Waals surface area contributed by atoms with E-state index in [1.807, 2.05) is 19.1 Å². The van der Waals surface area contributed by atoms with Crippen molar-refractivity contribution in [3.8, 4) is 17.5 Å². The average molecular weight is 514 g/mol. The summed E-state index contributed by atoms with van der Waals surface area (Å²) in [5.41, 5.74) is 4.91. The van der Waals surface area contributed by atoms with E-state index in [0.717, 1.165) is 34.5 Å². The molecule has 38 heavy (non-hydrogen) atoms. The van der Waals surface area contributed by atoms with E-state index in [0.29, 0.717) is 55.1 Å². The lowest BCUT2D eigenvalue weighted by Gasteiger charge is -2.37. The summed E-state index contributed by atoms with van der Waals surface area (Å²) in [6.07, 6.45) is 1.90. The van der Waals surface area contributed by atoms with Crippen LogP contribution in [0.5, 0.6) is 0 Å². The number of benzene rings is 2. The van der Waals surface area contributed by atoms with Gasteiger partial charge in [-0.3, -0.25) is 9.59 Å². The predicted molar refractivity (Wildman–Crippen MR) is 142 cm³/mol. The van der Waals surface area contributed by atoms with E-state index in [-0.39, 0.29) is 24.7 Å². The minimum atomic E-state index is -1.52. The summed E-state index contributed by atoms with van der Waals surface area (Å²) >= 11 is 0. The number of rotatable bonds is 4. The Morgan fingerprint density at radius 3 is 2.47 bits per heavy atom. The lowest BCUT2D eigenvalue weighted by molar-refractivity contribution is -0.129. The number of piperidine rings is 1. The molecule has 2 aliphatic rings. The molecule has 3 aromatic rings. The molecule has 2 amide bonds. The van der Waals surface area contributed by atoms with E-state index in [9.17, 15) is 9.59 Å².